The first-order valence-corrected chi connectivity index (χ1v) is 12.8. The van der Waals surface area contributed by atoms with Crippen LogP contribution in [-0.4, -0.2) is 75.6 Å². The molecule has 0 aliphatic carbocycles. The van der Waals surface area contributed by atoms with Crippen LogP contribution >= 0.6 is 11.6 Å². The number of rotatable bonds is 7. The minimum atomic E-state index is -3.21. The van der Waals surface area contributed by atoms with Crippen LogP contribution in [0.2, 0.25) is 5.02 Å². The molecule has 0 unspecified atom stereocenters. The van der Waals surface area contributed by atoms with Crippen molar-refractivity contribution in [2.45, 2.75) is 32.6 Å². The highest BCUT2D eigenvalue weighted by Crippen LogP contribution is 2.31. The first-order chi connectivity index (χ1) is 14.3. The summed E-state index contributed by atoms with van der Waals surface area (Å²) in [6.45, 7) is 6.54. The van der Waals surface area contributed by atoms with E-state index in [9.17, 15) is 13.2 Å². The number of unbranched alkanes of at least 4 members (excludes halogenated alkanes) is 1. The van der Waals surface area contributed by atoms with Gasteiger partial charge in [-0.3, -0.25) is 4.79 Å². The lowest BCUT2D eigenvalue weighted by Crippen LogP contribution is -2.45. The quantitative estimate of drug-likeness (QED) is 0.683. The minimum absolute atomic E-state index is 0.0572. The Morgan fingerprint density at radius 2 is 1.80 bits per heavy atom. The van der Waals surface area contributed by atoms with Gasteiger partial charge in [0.05, 0.1) is 17.1 Å². The standard InChI is InChI=1S/C21H33ClN4O3S/c1-3-4-15-30(28,29)26-9-7-17(8-10-26)21(27)23-19-16-18(22)5-6-20(19)25-13-11-24(2)12-14-25/h5-6,16-17H,3-4,7-15H2,1-2H3,(H,23,27). The average molecular weight is 457 g/mol. The van der Waals surface area contributed by atoms with Crippen molar-refractivity contribution in [3.63, 3.8) is 0 Å². The lowest BCUT2D eigenvalue weighted by Gasteiger charge is -2.35. The molecule has 1 amide bonds. The predicted molar refractivity (Wildman–Crippen MR) is 123 cm³/mol. The van der Waals surface area contributed by atoms with E-state index in [-0.39, 0.29) is 17.6 Å². The van der Waals surface area contributed by atoms with Gasteiger partial charge in [0, 0.05) is 50.2 Å². The number of hydrogen-bond donors (Lipinski definition) is 1. The van der Waals surface area contributed by atoms with E-state index in [4.69, 9.17) is 11.6 Å². The van der Waals surface area contributed by atoms with Crippen molar-refractivity contribution in [2.75, 3.05) is 62.3 Å². The molecule has 7 nitrogen and oxygen atoms in total. The maximum Gasteiger partial charge on any atom is 0.227 e. The molecule has 1 aromatic rings. The molecule has 2 aliphatic rings. The third-order valence-corrected chi connectivity index (χ3v) is 8.23. The molecule has 3 rings (SSSR count). The molecular formula is C21H33ClN4O3S. The molecule has 0 bridgehead atoms. The SMILES string of the molecule is CCCCS(=O)(=O)N1CCC(C(=O)Nc2cc(Cl)ccc2N2CCN(C)CC2)CC1. The highest BCUT2D eigenvalue weighted by atomic mass is 35.5. The van der Waals surface area contributed by atoms with Gasteiger partial charge in [-0.2, -0.15) is 0 Å². The zero-order valence-electron chi connectivity index (χ0n) is 17.9. The number of piperazine rings is 1. The van der Waals surface area contributed by atoms with E-state index < -0.39 is 10.0 Å². The van der Waals surface area contributed by atoms with Crippen molar-refractivity contribution in [2.24, 2.45) is 5.92 Å². The first kappa shape index (κ1) is 23.3. The summed E-state index contributed by atoms with van der Waals surface area (Å²) in [5.41, 5.74) is 1.72. The predicted octanol–water partition coefficient (Wildman–Crippen LogP) is 2.87. The van der Waals surface area contributed by atoms with Crippen LogP contribution in [0.25, 0.3) is 0 Å². The van der Waals surface area contributed by atoms with E-state index in [1.807, 2.05) is 19.1 Å². The number of carbonyl (C=O) groups is 1. The van der Waals surface area contributed by atoms with Crippen molar-refractivity contribution in [3.8, 4) is 0 Å². The summed E-state index contributed by atoms with van der Waals surface area (Å²) >= 11 is 6.21. The van der Waals surface area contributed by atoms with Gasteiger partial charge in [0.2, 0.25) is 15.9 Å². The fourth-order valence-corrected chi connectivity index (χ4v) is 5.87. The number of anilines is 2. The third kappa shape index (κ3) is 5.87. The largest absolute Gasteiger partial charge is 0.367 e. The summed E-state index contributed by atoms with van der Waals surface area (Å²) in [6.07, 6.45) is 2.61. The number of likely N-dealkylation sites (N-methyl/N-ethyl adjacent to an activating group) is 1. The van der Waals surface area contributed by atoms with Crippen molar-refractivity contribution >= 4 is 38.9 Å². The van der Waals surface area contributed by atoms with Crippen molar-refractivity contribution in [1.29, 1.82) is 0 Å². The molecule has 1 aromatic carbocycles. The summed E-state index contributed by atoms with van der Waals surface area (Å²) in [7, 11) is -1.10. The molecule has 168 valence electrons. The van der Waals surface area contributed by atoms with Crippen LogP contribution < -0.4 is 10.2 Å². The van der Waals surface area contributed by atoms with Gasteiger partial charge >= 0.3 is 0 Å². The lowest BCUT2D eigenvalue weighted by molar-refractivity contribution is -0.120. The van der Waals surface area contributed by atoms with E-state index >= 15 is 0 Å². The second kappa shape index (κ2) is 10.3. The zero-order chi connectivity index (χ0) is 21.7. The number of hydrogen-bond acceptors (Lipinski definition) is 5. The molecule has 0 aromatic heterocycles. The smallest absolute Gasteiger partial charge is 0.227 e. The van der Waals surface area contributed by atoms with Crippen LogP contribution in [0.1, 0.15) is 32.6 Å². The molecule has 30 heavy (non-hydrogen) atoms. The average Bonchev–Trinajstić information content (AvgIpc) is 2.73. The Morgan fingerprint density at radius 1 is 1.13 bits per heavy atom. The molecule has 9 heteroatoms. The van der Waals surface area contributed by atoms with Gasteiger partial charge in [-0.05, 0) is 44.5 Å². The molecule has 1 N–H and O–H groups in total. The van der Waals surface area contributed by atoms with Crippen LogP contribution in [-0.2, 0) is 14.8 Å². The van der Waals surface area contributed by atoms with Crippen LogP contribution in [0.4, 0.5) is 11.4 Å². The van der Waals surface area contributed by atoms with Gasteiger partial charge in [-0.15, -0.1) is 0 Å². The van der Waals surface area contributed by atoms with Gasteiger partial charge in [-0.25, -0.2) is 12.7 Å². The third-order valence-electron chi connectivity index (χ3n) is 6.03. The van der Waals surface area contributed by atoms with Gasteiger partial charge < -0.3 is 15.1 Å². The highest BCUT2D eigenvalue weighted by Gasteiger charge is 2.31. The van der Waals surface area contributed by atoms with Gasteiger partial charge in [0.15, 0.2) is 0 Å². The molecule has 0 radical (unpaired) electrons. The number of piperidine rings is 1. The van der Waals surface area contributed by atoms with E-state index in [1.165, 1.54) is 0 Å². The van der Waals surface area contributed by atoms with E-state index in [0.29, 0.717) is 37.4 Å². The molecular weight excluding hydrogens is 424 g/mol. The fourth-order valence-electron chi connectivity index (χ4n) is 4.02. The molecule has 0 spiro atoms. The zero-order valence-corrected chi connectivity index (χ0v) is 19.5. The van der Waals surface area contributed by atoms with E-state index in [2.05, 4.69) is 22.2 Å². The van der Waals surface area contributed by atoms with Gasteiger partial charge in [0.1, 0.15) is 0 Å². The molecule has 2 saturated heterocycles. The van der Waals surface area contributed by atoms with Crippen LogP contribution in [0.3, 0.4) is 0 Å². The second-order valence-corrected chi connectivity index (χ2v) is 10.8. The number of amides is 1. The summed E-state index contributed by atoms with van der Waals surface area (Å²) in [5.74, 6) is -0.0581. The molecule has 2 fully saturated rings. The number of nitrogens with one attached hydrogen (secondary N) is 1. The Morgan fingerprint density at radius 3 is 2.43 bits per heavy atom. The van der Waals surface area contributed by atoms with Crippen molar-refractivity contribution in [1.82, 2.24) is 9.21 Å². The number of carbonyl (C=O) groups excluding carboxylic acids is 1. The maximum atomic E-state index is 12.9. The Hall–Kier alpha value is -1.35. The number of halogens is 1. The number of sulfonamides is 1. The summed E-state index contributed by atoms with van der Waals surface area (Å²) < 4.78 is 26.3. The molecule has 2 aliphatic heterocycles. The highest BCUT2D eigenvalue weighted by molar-refractivity contribution is 7.89. The summed E-state index contributed by atoms with van der Waals surface area (Å²) in [4.78, 5) is 17.5. The second-order valence-electron chi connectivity index (χ2n) is 8.28. The van der Waals surface area contributed by atoms with Gasteiger partial charge in [-0.1, -0.05) is 24.9 Å². The summed E-state index contributed by atoms with van der Waals surface area (Å²) in [6, 6.07) is 5.62. The Bertz CT molecular complexity index is 833. The van der Waals surface area contributed by atoms with E-state index in [1.54, 1.807) is 10.4 Å². The molecule has 2 heterocycles. The Labute approximate surface area is 185 Å². The Kier molecular flexibility index (Phi) is 8.01. The van der Waals surface area contributed by atoms with Crippen LogP contribution in [0.5, 0.6) is 0 Å². The van der Waals surface area contributed by atoms with E-state index in [0.717, 1.165) is 44.0 Å². The topological polar surface area (TPSA) is 73.0 Å². The fraction of sp³-hybridized carbons (Fsp3) is 0.667. The number of nitrogens with zero attached hydrogens (tertiary/aromatic N) is 3. The normalized spacial score (nSPS) is 19.8. The van der Waals surface area contributed by atoms with Crippen LogP contribution in [0.15, 0.2) is 18.2 Å². The van der Waals surface area contributed by atoms with Crippen molar-refractivity contribution < 1.29 is 13.2 Å². The van der Waals surface area contributed by atoms with Crippen molar-refractivity contribution in [3.05, 3.63) is 23.2 Å². The molecule has 0 saturated carbocycles. The number of benzene rings is 1. The summed E-state index contributed by atoms with van der Waals surface area (Å²) in [5, 5.41) is 3.65. The monoisotopic (exact) mass is 456 g/mol. The lowest BCUT2D eigenvalue weighted by atomic mass is 9.97. The molecule has 0 atom stereocenters. The minimum Gasteiger partial charge on any atom is -0.367 e. The maximum absolute atomic E-state index is 12.9. The first-order valence-electron chi connectivity index (χ1n) is 10.8. The Balaban J connectivity index is 1.62. The van der Waals surface area contributed by atoms with Gasteiger partial charge in [0.25, 0.3) is 0 Å². The van der Waals surface area contributed by atoms with Crippen LogP contribution in [0, 0.1) is 5.92 Å².